The molecule has 1 N–H and O–H groups in total. The lowest BCUT2D eigenvalue weighted by atomic mass is 9.94. The molecule has 2 nitrogen and oxygen atoms in total. The first-order valence-corrected chi connectivity index (χ1v) is 8.49. The van der Waals surface area contributed by atoms with E-state index in [4.69, 9.17) is 0 Å². The van der Waals surface area contributed by atoms with Crippen LogP contribution in [0.25, 0.3) is 0 Å². The summed E-state index contributed by atoms with van der Waals surface area (Å²) >= 11 is 1.76. The smallest absolute Gasteiger partial charge is 0.0928 e. The van der Waals surface area contributed by atoms with Gasteiger partial charge in [0.2, 0.25) is 0 Å². The van der Waals surface area contributed by atoms with Crippen LogP contribution >= 0.6 is 11.3 Å². The van der Waals surface area contributed by atoms with E-state index in [1.807, 2.05) is 6.20 Å². The van der Waals surface area contributed by atoms with E-state index in [0.29, 0.717) is 5.92 Å². The van der Waals surface area contributed by atoms with Crippen molar-refractivity contribution in [3.05, 3.63) is 52.0 Å². The molecule has 0 saturated heterocycles. The molecule has 2 aromatic rings. The van der Waals surface area contributed by atoms with E-state index in [1.54, 1.807) is 11.3 Å². The first-order chi connectivity index (χ1) is 9.92. The predicted molar refractivity (Wildman–Crippen MR) is 91.9 cm³/mol. The van der Waals surface area contributed by atoms with Crippen LogP contribution in [0.15, 0.2) is 35.8 Å². The minimum Gasteiger partial charge on any atom is -0.312 e. The second-order valence-electron chi connectivity index (χ2n) is 6.82. The normalized spacial score (nSPS) is 13.3. The minimum atomic E-state index is 0.161. The van der Waals surface area contributed by atoms with Crippen LogP contribution in [0.1, 0.15) is 36.9 Å². The number of aromatic nitrogens is 1. The van der Waals surface area contributed by atoms with Crippen LogP contribution in [0.3, 0.4) is 0 Å². The van der Waals surface area contributed by atoms with E-state index in [1.165, 1.54) is 16.1 Å². The summed E-state index contributed by atoms with van der Waals surface area (Å²) < 4.78 is 0. The maximum Gasteiger partial charge on any atom is 0.0928 e. The SMILES string of the molecule is Cc1ccc(CC(CNC(C)(C)C)Cc2nccs2)cc1. The van der Waals surface area contributed by atoms with Gasteiger partial charge in [-0.25, -0.2) is 4.98 Å². The highest BCUT2D eigenvalue weighted by atomic mass is 32.1. The number of nitrogens with one attached hydrogen (secondary N) is 1. The molecule has 3 heteroatoms. The molecule has 1 aromatic carbocycles. The zero-order valence-corrected chi connectivity index (χ0v) is 14.3. The lowest BCUT2D eigenvalue weighted by molar-refractivity contribution is 0.367. The van der Waals surface area contributed by atoms with Crippen LogP contribution in [0, 0.1) is 12.8 Å². The Bertz CT molecular complexity index is 523. The molecule has 1 unspecified atom stereocenters. The second kappa shape index (κ2) is 7.19. The number of benzene rings is 1. The summed E-state index contributed by atoms with van der Waals surface area (Å²) in [5, 5.41) is 6.95. The van der Waals surface area contributed by atoms with Crippen molar-refractivity contribution in [3.8, 4) is 0 Å². The van der Waals surface area contributed by atoms with Gasteiger partial charge in [0.05, 0.1) is 5.01 Å². The fourth-order valence-electron chi connectivity index (χ4n) is 2.33. The summed E-state index contributed by atoms with van der Waals surface area (Å²) in [6.45, 7) is 9.83. The van der Waals surface area contributed by atoms with Crippen molar-refractivity contribution in [1.82, 2.24) is 10.3 Å². The lowest BCUT2D eigenvalue weighted by Crippen LogP contribution is -2.40. The lowest BCUT2D eigenvalue weighted by Gasteiger charge is -2.25. The number of rotatable bonds is 6. The molecule has 114 valence electrons. The van der Waals surface area contributed by atoms with E-state index < -0.39 is 0 Å². The molecule has 1 atom stereocenters. The largest absolute Gasteiger partial charge is 0.312 e. The van der Waals surface area contributed by atoms with E-state index in [9.17, 15) is 0 Å². The van der Waals surface area contributed by atoms with Crippen molar-refractivity contribution in [2.75, 3.05) is 6.54 Å². The van der Waals surface area contributed by atoms with Gasteiger partial charge in [0.1, 0.15) is 0 Å². The second-order valence-corrected chi connectivity index (χ2v) is 7.80. The highest BCUT2D eigenvalue weighted by Crippen LogP contribution is 2.17. The molecule has 0 bridgehead atoms. The van der Waals surface area contributed by atoms with Gasteiger partial charge in [-0.05, 0) is 52.1 Å². The monoisotopic (exact) mass is 302 g/mol. The van der Waals surface area contributed by atoms with Gasteiger partial charge in [0.25, 0.3) is 0 Å². The molecule has 1 heterocycles. The van der Waals surface area contributed by atoms with Gasteiger partial charge >= 0.3 is 0 Å². The van der Waals surface area contributed by atoms with Gasteiger partial charge in [-0.1, -0.05) is 29.8 Å². The average molecular weight is 302 g/mol. The summed E-state index contributed by atoms with van der Waals surface area (Å²) in [5.41, 5.74) is 2.90. The number of hydrogen-bond acceptors (Lipinski definition) is 3. The van der Waals surface area contributed by atoms with Gasteiger partial charge in [-0.3, -0.25) is 0 Å². The highest BCUT2D eigenvalue weighted by molar-refractivity contribution is 7.09. The zero-order valence-electron chi connectivity index (χ0n) is 13.5. The van der Waals surface area contributed by atoms with Crippen molar-refractivity contribution >= 4 is 11.3 Å². The quantitative estimate of drug-likeness (QED) is 0.863. The summed E-state index contributed by atoms with van der Waals surface area (Å²) in [6.07, 6.45) is 4.05. The van der Waals surface area contributed by atoms with Crippen molar-refractivity contribution in [1.29, 1.82) is 0 Å². The summed E-state index contributed by atoms with van der Waals surface area (Å²) in [5.74, 6) is 0.582. The van der Waals surface area contributed by atoms with Crippen LogP contribution in [0.4, 0.5) is 0 Å². The topological polar surface area (TPSA) is 24.9 Å². The van der Waals surface area contributed by atoms with Gasteiger partial charge in [-0.15, -0.1) is 11.3 Å². The van der Waals surface area contributed by atoms with Gasteiger partial charge in [-0.2, -0.15) is 0 Å². The standard InChI is InChI=1S/C18H26N2S/c1-14-5-7-15(8-6-14)11-16(13-20-18(2,3)4)12-17-19-9-10-21-17/h5-10,16,20H,11-13H2,1-4H3. The number of hydrogen-bond donors (Lipinski definition) is 1. The zero-order chi connectivity index (χ0) is 15.3. The molecule has 2 rings (SSSR count). The van der Waals surface area contributed by atoms with E-state index in [0.717, 1.165) is 19.4 Å². The number of aryl methyl sites for hydroxylation is 1. The molecule has 1 aromatic heterocycles. The first kappa shape index (κ1) is 16.2. The third kappa shape index (κ3) is 5.98. The maximum atomic E-state index is 4.45. The summed E-state index contributed by atoms with van der Waals surface area (Å²) in [7, 11) is 0. The molecular weight excluding hydrogens is 276 g/mol. The van der Waals surface area contributed by atoms with Crippen LogP contribution < -0.4 is 5.32 Å². The number of nitrogens with zero attached hydrogens (tertiary/aromatic N) is 1. The fraction of sp³-hybridized carbons (Fsp3) is 0.500. The molecular formula is C18H26N2S. The van der Waals surface area contributed by atoms with Gasteiger partial charge in [0.15, 0.2) is 0 Å². The first-order valence-electron chi connectivity index (χ1n) is 7.61. The molecule has 21 heavy (non-hydrogen) atoms. The maximum absolute atomic E-state index is 4.45. The van der Waals surface area contributed by atoms with Crippen LogP contribution in [0.2, 0.25) is 0 Å². The van der Waals surface area contributed by atoms with E-state index >= 15 is 0 Å². The Morgan fingerprint density at radius 1 is 1.14 bits per heavy atom. The molecule has 0 aliphatic rings. The molecule has 0 spiro atoms. The Kier molecular flexibility index (Phi) is 5.54. The number of thiazole rings is 1. The van der Waals surface area contributed by atoms with Gasteiger partial charge in [0, 0.05) is 23.5 Å². The molecule has 0 aliphatic heterocycles. The summed E-state index contributed by atoms with van der Waals surface area (Å²) in [6, 6.07) is 8.91. The van der Waals surface area contributed by atoms with Crippen molar-refractivity contribution in [2.45, 2.75) is 46.1 Å². The third-order valence-corrected chi connectivity index (χ3v) is 4.31. The highest BCUT2D eigenvalue weighted by Gasteiger charge is 2.16. The van der Waals surface area contributed by atoms with Crippen LogP contribution in [0.5, 0.6) is 0 Å². The Balaban J connectivity index is 2.01. The molecule has 0 radical (unpaired) electrons. The van der Waals surface area contributed by atoms with Gasteiger partial charge < -0.3 is 5.32 Å². The minimum absolute atomic E-state index is 0.161. The Morgan fingerprint density at radius 2 is 1.86 bits per heavy atom. The summed E-state index contributed by atoms with van der Waals surface area (Å²) in [4.78, 5) is 4.45. The Labute approximate surface area is 132 Å². The van der Waals surface area contributed by atoms with Crippen LogP contribution in [-0.2, 0) is 12.8 Å². The predicted octanol–water partition coefficient (Wildman–Crippen LogP) is 4.24. The average Bonchev–Trinajstić information content (AvgIpc) is 2.91. The Hall–Kier alpha value is -1.19. The molecule has 0 amide bonds. The van der Waals surface area contributed by atoms with E-state index in [2.05, 4.69) is 67.6 Å². The van der Waals surface area contributed by atoms with Crippen molar-refractivity contribution in [2.24, 2.45) is 5.92 Å². The molecule has 0 fully saturated rings. The fourth-order valence-corrected chi connectivity index (χ4v) is 3.06. The third-order valence-electron chi connectivity index (χ3n) is 3.51. The Morgan fingerprint density at radius 3 is 2.43 bits per heavy atom. The van der Waals surface area contributed by atoms with E-state index in [-0.39, 0.29) is 5.54 Å². The van der Waals surface area contributed by atoms with Crippen LogP contribution in [-0.4, -0.2) is 17.1 Å². The molecule has 0 saturated carbocycles. The molecule has 0 aliphatic carbocycles. The van der Waals surface area contributed by atoms with Crippen molar-refractivity contribution in [3.63, 3.8) is 0 Å². The van der Waals surface area contributed by atoms with Crippen molar-refractivity contribution < 1.29 is 0 Å².